The molecule has 6 aliphatic heterocycles. The van der Waals surface area contributed by atoms with Crippen molar-refractivity contribution in [1.82, 2.24) is 88.9 Å². The van der Waals surface area contributed by atoms with Crippen LogP contribution in [0.25, 0.3) is 66.1 Å². The minimum absolute atomic E-state index is 0.140. The number of carbonyl (C=O) groups excluding carboxylic acids is 9. The number of amides is 6. The first-order valence-corrected chi connectivity index (χ1v) is 48.9. The molecule has 141 heavy (non-hydrogen) atoms. The first kappa shape index (κ1) is 100. The van der Waals surface area contributed by atoms with E-state index >= 15 is 8.78 Å². The summed E-state index contributed by atoms with van der Waals surface area (Å²) in [7, 11) is 0. The molecule has 6 amide bonds. The van der Waals surface area contributed by atoms with E-state index in [1.807, 2.05) is 61.5 Å². The standard InChI is InChI=1S/C34H37BrFN7O4.C33H34BrN7O6.C32H33BrFN7O6/c1-21(44)31-26-14-24(25-16-37-22(2)38-17-25)9-11-27(26)43(41-31)18-30(45)42-19-34(36)15-28(42)33(46)40-32-23(10-12-29(35)39-32)8-6-4-3-5-7-13-47-20-34;1-19(42)30-24-11-21(23-14-35-20(2)36-15-23)3-5-25(24)40(39-30)16-29(43)41-26-12-33(13-27(33)41)18-47-10-8-45-7-9-46-17-22-4-6-28(34)37-31(22)38-32(26)44;1-19(42)29-24-11-21(23-13-35-20(2)36-14-23)3-5-25(24)41(39-29)15-28(43)40-17-32(34)12-26(40)31(44)38-30-22(4-6-27(33)37-30)16-46-9-7-45-8-10-47-18-32/h9-12,14,16-17,28H,3-8,13,15,18-20H2,1-2H3,(H,39,40,46);3-6,11,14-15,26-27H,7-10,12-13,16-18H2,1-2H3,(H,37,38,44);3-6,11,13-14,26H,7-10,12,15-18H2,1-2H3,(H,37,38,44)/t28-,34+;26-,27+,33-;26-,32+/m000/s1. The molecule has 15 heterocycles. The van der Waals surface area contributed by atoms with Crippen LogP contribution in [0.1, 0.15) is 144 Å². The number of alkyl halides is 2. The van der Waals surface area contributed by atoms with Crippen molar-refractivity contribution in [2.75, 3.05) is 108 Å². The summed E-state index contributed by atoms with van der Waals surface area (Å²) in [6.45, 7) is 11.5. The lowest BCUT2D eigenvalue weighted by Gasteiger charge is -2.27. The van der Waals surface area contributed by atoms with E-state index in [-0.39, 0.29) is 149 Å². The van der Waals surface area contributed by atoms with Crippen molar-refractivity contribution in [2.45, 2.75) is 174 Å². The number of aromatic nitrogens is 15. The molecule has 12 aromatic rings. The predicted molar refractivity (Wildman–Crippen MR) is 522 cm³/mol. The molecule has 3 saturated heterocycles. The highest BCUT2D eigenvalue weighted by molar-refractivity contribution is 9.11. The number of hydrogen-bond acceptors (Lipinski definition) is 28. The highest BCUT2D eigenvalue weighted by Crippen LogP contribution is 2.60. The normalized spacial score (nSPS) is 21.7. The van der Waals surface area contributed by atoms with E-state index in [0.717, 1.165) is 83.9 Å². The van der Waals surface area contributed by atoms with Crippen LogP contribution in [0.2, 0.25) is 0 Å². The van der Waals surface area contributed by atoms with Crippen molar-refractivity contribution in [3.63, 3.8) is 0 Å². The lowest BCUT2D eigenvalue weighted by molar-refractivity contribution is -0.138. The zero-order chi connectivity index (χ0) is 99.0. The second-order valence-electron chi connectivity index (χ2n) is 36.2. The molecule has 1 saturated carbocycles. The second-order valence-corrected chi connectivity index (χ2v) is 38.7. The van der Waals surface area contributed by atoms with Gasteiger partial charge < -0.3 is 63.8 Å². The van der Waals surface area contributed by atoms with E-state index in [4.69, 9.17) is 33.2 Å². The number of nitrogens with zero attached hydrogens (tertiary/aromatic N) is 18. The van der Waals surface area contributed by atoms with Crippen LogP contribution in [0.4, 0.5) is 26.2 Å². The molecule has 7 aliphatic rings. The summed E-state index contributed by atoms with van der Waals surface area (Å²) >= 11 is 10.1. The first-order chi connectivity index (χ1) is 67.9. The summed E-state index contributed by atoms with van der Waals surface area (Å²) in [5.41, 5.74) is 5.08. The quantitative estimate of drug-likeness (QED) is 0.0755. The number of fused-ring (bicyclic) bond motifs is 11. The van der Waals surface area contributed by atoms with Gasteiger partial charge in [0.2, 0.25) is 35.4 Å². The fourth-order valence-corrected chi connectivity index (χ4v) is 19.5. The molecule has 42 heteroatoms. The van der Waals surface area contributed by atoms with Crippen molar-refractivity contribution in [2.24, 2.45) is 5.41 Å². The first-order valence-electron chi connectivity index (χ1n) is 46.6. The number of nitrogens with one attached hydrogen (secondary N) is 3. The highest BCUT2D eigenvalue weighted by Gasteiger charge is 2.67. The molecule has 0 radical (unpaired) electrons. The Morgan fingerprint density at radius 1 is 0.390 bits per heavy atom. The van der Waals surface area contributed by atoms with E-state index in [2.05, 4.69) is 124 Å². The van der Waals surface area contributed by atoms with E-state index in [9.17, 15) is 43.2 Å². The molecule has 1 spiro atoms. The fourth-order valence-electron chi connectivity index (χ4n) is 18.6. The van der Waals surface area contributed by atoms with Crippen LogP contribution >= 0.6 is 47.8 Å². The molecule has 6 bridgehead atoms. The number of carbonyl (C=O) groups is 9. The molecule has 0 unspecified atom stereocenters. The smallest absolute Gasteiger partial charge is 0.248 e. The molecular weight excluding hydrogens is 2020 g/mol. The molecule has 3 N–H and O–H groups in total. The number of aryl methyl sites for hydroxylation is 4. The molecule has 4 fully saturated rings. The van der Waals surface area contributed by atoms with Gasteiger partial charge in [-0.3, -0.25) is 57.2 Å². The van der Waals surface area contributed by atoms with Gasteiger partial charge in [0.05, 0.1) is 116 Å². The lowest BCUT2D eigenvalue weighted by Crippen LogP contribution is -2.47. The van der Waals surface area contributed by atoms with Gasteiger partial charge >= 0.3 is 0 Å². The Bertz CT molecular complexity index is 6380. The molecular formula is C99H104Br3F2N21O16. The number of piperidine rings is 1. The Balaban J connectivity index is 0.000000146. The number of ether oxygens (including phenoxy) is 7. The van der Waals surface area contributed by atoms with Crippen molar-refractivity contribution < 1.29 is 85.1 Å². The van der Waals surface area contributed by atoms with Gasteiger partial charge in [-0.15, -0.1) is 0 Å². The van der Waals surface area contributed by atoms with Gasteiger partial charge in [0.25, 0.3) is 0 Å². The van der Waals surface area contributed by atoms with Crippen molar-refractivity contribution in [1.29, 1.82) is 0 Å². The van der Waals surface area contributed by atoms with Crippen LogP contribution in [-0.2, 0) is 101 Å². The molecule has 37 nitrogen and oxygen atoms in total. The van der Waals surface area contributed by atoms with E-state index in [1.165, 1.54) is 39.9 Å². The number of halogens is 5. The summed E-state index contributed by atoms with van der Waals surface area (Å²) in [6.07, 6.45) is 16.5. The van der Waals surface area contributed by atoms with Gasteiger partial charge in [-0.05, 0) is 178 Å². The van der Waals surface area contributed by atoms with Gasteiger partial charge in [-0.25, -0.2) is 53.6 Å². The zero-order valence-electron chi connectivity index (χ0n) is 78.4. The van der Waals surface area contributed by atoms with Gasteiger partial charge in [0.15, 0.2) is 28.7 Å². The molecule has 19 rings (SSSR count). The average Bonchev–Trinajstić information content (AvgIpc) is 1.53. The van der Waals surface area contributed by atoms with E-state index < -0.39 is 53.1 Å². The Morgan fingerprint density at radius 2 is 0.738 bits per heavy atom. The van der Waals surface area contributed by atoms with Crippen LogP contribution in [0, 0.1) is 26.2 Å². The number of ketones is 3. The SMILES string of the molecule is CC(=O)c1nn(CC(=O)N2C[C@@]3(F)COCCCCCCCc4ccc(Br)nc4NC(=O)[C@@H]2C3)c2ccc(-c3cnc(C)nc3)cc12.CC(=O)c1nn(CC(=O)N2C[C@@]3(F)COCCOCCOCc4ccc(Br)nc4NC(=O)[C@@H]2C3)c2ccc(-c3cnc(C)nc3)cc12.CC(=O)c1nn(CC(=O)N2[C@H]3C[C@@]4(COCCOCCOCc5ccc(Br)nc5NC3=O)C[C@@H]24)c2ccc(-c3cnc(C)nc3)cc12. The van der Waals surface area contributed by atoms with Gasteiger partial charge in [0, 0.05) is 133 Å². The molecule has 3 aromatic carbocycles. The third kappa shape index (κ3) is 23.5. The van der Waals surface area contributed by atoms with Crippen LogP contribution in [0.3, 0.4) is 0 Å². The average molecular weight is 2120 g/mol. The Hall–Kier alpha value is -12.4. The van der Waals surface area contributed by atoms with Gasteiger partial charge in [-0.2, -0.15) is 15.3 Å². The summed E-state index contributed by atoms with van der Waals surface area (Å²) < 4.78 is 78.5. The minimum atomic E-state index is -1.99. The minimum Gasteiger partial charge on any atom is -0.378 e. The third-order valence-corrected chi connectivity index (χ3v) is 27.2. The van der Waals surface area contributed by atoms with Crippen LogP contribution in [0.5, 0.6) is 0 Å². The van der Waals surface area contributed by atoms with E-state index in [0.29, 0.717) is 146 Å². The largest absolute Gasteiger partial charge is 0.378 e. The number of rotatable bonds is 12. The maximum absolute atomic E-state index is 16.3. The number of benzene rings is 3. The van der Waals surface area contributed by atoms with Crippen LogP contribution in [-0.4, -0.2) is 270 Å². The summed E-state index contributed by atoms with van der Waals surface area (Å²) in [4.78, 5) is 165. The Labute approximate surface area is 833 Å². The molecule has 736 valence electrons. The van der Waals surface area contributed by atoms with E-state index in [1.54, 1.807) is 97.0 Å². The fraction of sp³-hybridized carbons (Fsp3) is 0.424. The maximum Gasteiger partial charge on any atom is 0.248 e. The number of anilines is 3. The van der Waals surface area contributed by atoms with Crippen molar-refractivity contribution >= 4 is 151 Å². The Morgan fingerprint density at radius 3 is 1.15 bits per heavy atom. The van der Waals surface area contributed by atoms with Gasteiger partial charge in [0.1, 0.15) is 104 Å². The molecule has 9 aromatic heterocycles. The number of pyridine rings is 3. The summed E-state index contributed by atoms with van der Waals surface area (Å²) in [5.74, 6) is -0.597. The summed E-state index contributed by atoms with van der Waals surface area (Å²) in [5, 5.41) is 23.9. The monoisotopic (exact) mass is 2120 g/mol. The van der Waals surface area contributed by atoms with Crippen molar-refractivity contribution in [3.8, 4) is 33.4 Å². The topological polar surface area (TPSA) is 434 Å². The van der Waals surface area contributed by atoms with Crippen LogP contribution < -0.4 is 16.0 Å². The number of Topliss-reactive ketones (excluding diaryl/α,β-unsaturated/α-hetero) is 3. The summed E-state index contributed by atoms with van der Waals surface area (Å²) in [6, 6.07) is 24.1. The zero-order valence-corrected chi connectivity index (χ0v) is 83.2. The number of likely N-dealkylation sites (tertiary alicyclic amines) is 3. The number of hydrogen-bond donors (Lipinski definition) is 3. The second kappa shape index (κ2) is 44.0. The molecule has 7 atom stereocenters. The Kier molecular flexibility index (Phi) is 31.3. The maximum atomic E-state index is 16.3. The highest BCUT2D eigenvalue weighted by atomic mass is 79.9. The van der Waals surface area contributed by atoms with Gasteiger partial charge in [-0.1, -0.05) is 55.7 Å². The predicted octanol–water partition coefficient (Wildman–Crippen LogP) is 13.0. The van der Waals surface area contributed by atoms with Crippen LogP contribution in [0.15, 0.2) is 142 Å². The van der Waals surface area contributed by atoms with Crippen molar-refractivity contribution in [3.05, 3.63) is 193 Å². The molecule has 1 aliphatic carbocycles. The third-order valence-electron chi connectivity index (χ3n) is 25.9. The lowest BCUT2D eigenvalue weighted by atomic mass is 10.00.